The average molecular weight is 257 g/mol. The molecular weight excluding hydrogens is 246 g/mol. The van der Waals surface area contributed by atoms with Gasteiger partial charge in [0.2, 0.25) is 0 Å². The quantitative estimate of drug-likeness (QED) is 0.660. The second-order valence-electron chi connectivity index (χ2n) is 3.76. The first kappa shape index (κ1) is 10.6. The molecule has 0 radical (unpaired) electrons. The molecule has 2 N–H and O–H groups in total. The second kappa shape index (κ2) is 4.35. The highest BCUT2D eigenvalue weighted by Crippen LogP contribution is 2.34. The van der Waals surface area contributed by atoms with Gasteiger partial charge in [-0.2, -0.15) is 0 Å². The van der Waals surface area contributed by atoms with Gasteiger partial charge in [-0.3, -0.25) is 0 Å². The lowest BCUT2D eigenvalue weighted by Gasteiger charge is -2.05. The van der Waals surface area contributed by atoms with E-state index in [4.69, 9.17) is 5.73 Å². The summed E-state index contributed by atoms with van der Waals surface area (Å²) in [6, 6.07) is 14.6. The molecule has 0 atom stereocenters. The number of hydrogen-bond donors (Lipinski definition) is 1. The number of nitrogens with two attached hydrogens (primary N) is 1. The minimum absolute atomic E-state index is 0.846. The maximum atomic E-state index is 6.13. The Morgan fingerprint density at radius 3 is 2.12 bits per heavy atom. The van der Waals surface area contributed by atoms with Crippen LogP contribution in [0.5, 0.6) is 0 Å². The van der Waals surface area contributed by atoms with Gasteiger partial charge in [-0.05, 0) is 34.5 Å². The third kappa shape index (κ3) is 1.99. The van der Waals surface area contributed by atoms with E-state index < -0.39 is 0 Å². The second-order valence-corrected chi connectivity index (χ2v) is 5.65. The van der Waals surface area contributed by atoms with Gasteiger partial charge in [0, 0.05) is 21.0 Å². The first-order valence-electron chi connectivity index (χ1n) is 5.32. The SMILES string of the molecule is Nc1cc(-c2cccs2)ccc1-c1cccs1. The van der Waals surface area contributed by atoms with E-state index in [0.717, 1.165) is 11.3 Å². The van der Waals surface area contributed by atoms with Crippen LogP contribution in [-0.2, 0) is 0 Å². The Morgan fingerprint density at radius 2 is 1.53 bits per heavy atom. The molecule has 0 saturated carbocycles. The van der Waals surface area contributed by atoms with Gasteiger partial charge in [-0.15, -0.1) is 22.7 Å². The highest BCUT2D eigenvalue weighted by Gasteiger charge is 2.06. The van der Waals surface area contributed by atoms with Crippen molar-refractivity contribution in [3.8, 4) is 20.9 Å². The zero-order chi connectivity index (χ0) is 11.7. The summed E-state index contributed by atoms with van der Waals surface area (Å²) in [5, 5.41) is 4.15. The van der Waals surface area contributed by atoms with E-state index in [1.54, 1.807) is 22.7 Å². The van der Waals surface area contributed by atoms with Crippen molar-refractivity contribution in [3.63, 3.8) is 0 Å². The minimum atomic E-state index is 0.846. The van der Waals surface area contributed by atoms with E-state index in [9.17, 15) is 0 Å². The summed E-state index contributed by atoms with van der Waals surface area (Å²) in [4.78, 5) is 2.48. The van der Waals surface area contributed by atoms with Gasteiger partial charge in [0.15, 0.2) is 0 Å². The van der Waals surface area contributed by atoms with Crippen LogP contribution in [0, 0.1) is 0 Å². The maximum absolute atomic E-state index is 6.13. The van der Waals surface area contributed by atoms with Crippen molar-refractivity contribution in [1.82, 2.24) is 0 Å². The minimum Gasteiger partial charge on any atom is -0.398 e. The summed E-state index contributed by atoms with van der Waals surface area (Å²) in [5.74, 6) is 0. The highest BCUT2D eigenvalue weighted by atomic mass is 32.1. The number of rotatable bonds is 2. The van der Waals surface area contributed by atoms with Crippen molar-refractivity contribution in [1.29, 1.82) is 0 Å². The lowest BCUT2D eigenvalue weighted by atomic mass is 10.1. The van der Waals surface area contributed by atoms with E-state index in [-0.39, 0.29) is 0 Å². The molecule has 84 valence electrons. The number of hydrogen-bond acceptors (Lipinski definition) is 3. The molecule has 0 aliphatic heterocycles. The molecule has 0 unspecified atom stereocenters. The van der Waals surface area contributed by atoms with Crippen molar-refractivity contribution in [2.45, 2.75) is 0 Å². The molecule has 0 bridgehead atoms. The van der Waals surface area contributed by atoms with E-state index in [1.165, 1.54) is 15.3 Å². The van der Waals surface area contributed by atoms with Crippen molar-refractivity contribution in [2.75, 3.05) is 5.73 Å². The summed E-state index contributed by atoms with van der Waals surface area (Å²) < 4.78 is 0. The van der Waals surface area contributed by atoms with Crippen molar-refractivity contribution >= 4 is 28.4 Å². The van der Waals surface area contributed by atoms with Crippen molar-refractivity contribution in [3.05, 3.63) is 53.2 Å². The van der Waals surface area contributed by atoms with Crippen LogP contribution >= 0.6 is 22.7 Å². The van der Waals surface area contributed by atoms with Gasteiger partial charge in [0.25, 0.3) is 0 Å². The zero-order valence-electron chi connectivity index (χ0n) is 9.09. The predicted octanol–water partition coefficient (Wildman–Crippen LogP) is 4.73. The van der Waals surface area contributed by atoms with E-state index in [2.05, 4.69) is 47.2 Å². The Bertz CT molecular complexity index is 610. The van der Waals surface area contributed by atoms with Gasteiger partial charge in [-0.1, -0.05) is 24.3 Å². The third-order valence-electron chi connectivity index (χ3n) is 2.64. The highest BCUT2D eigenvalue weighted by molar-refractivity contribution is 7.14. The Labute approximate surface area is 108 Å². The number of benzene rings is 1. The van der Waals surface area contributed by atoms with Gasteiger partial charge < -0.3 is 5.73 Å². The summed E-state index contributed by atoms with van der Waals surface area (Å²) >= 11 is 3.45. The topological polar surface area (TPSA) is 26.0 Å². The van der Waals surface area contributed by atoms with Crippen LogP contribution in [0.15, 0.2) is 53.2 Å². The molecule has 0 aliphatic carbocycles. The van der Waals surface area contributed by atoms with Crippen LogP contribution in [0.1, 0.15) is 0 Å². The predicted molar refractivity (Wildman–Crippen MR) is 77.5 cm³/mol. The van der Waals surface area contributed by atoms with Crippen LogP contribution in [0.4, 0.5) is 5.69 Å². The monoisotopic (exact) mass is 257 g/mol. The fraction of sp³-hybridized carbons (Fsp3) is 0. The van der Waals surface area contributed by atoms with Crippen molar-refractivity contribution < 1.29 is 0 Å². The lowest BCUT2D eigenvalue weighted by molar-refractivity contribution is 1.67. The third-order valence-corrected chi connectivity index (χ3v) is 4.47. The molecule has 0 amide bonds. The van der Waals surface area contributed by atoms with Crippen LogP contribution in [-0.4, -0.2) is 0 Å². The Morgan fingerprint density at radius 1 is 0.824 bits per heavy atom. The van der Waals surface area contributed by atoms with E-state index in [1.807, 2.05) is 6.07 Å². The summed E-state index contributed by atoms with van der Waals surface area (Å²) in [6.45, 7) is 0. The fourth-order valence-corrected chi connectivity index (χ4v) is 3.31. The molecule has 3 aromatic rings. The molecule has 2 heterocycles. The van der Waals surface area contributed by atoms with Gasteiger partial charge in [0.05, 0.1) is 0 Å². The molecule has 0 fully saturated rings. The summed E-state index contributed by atoms with van der Waals surface area (Å²) in [6.07, 6.45) is 0. The fourth-order valence-electron chi connectivity index (χ4n) is 1.82. The van der Waals surface area contributed by atoms with Crippen LogP contribution in [0.25, 0.3) is 20.9 Å². The summed E-state index contributed by atoms with van der Waals surface area (Å²) in [5.41, 5.74) is 9.29. The maximum Gasteiger partial charge on any atom is 0.0408 e. The first-order valence-corrected chi connectivity index (χ1v) is 7.08. The van der Waals surface area contributed by atoms with E-state index in [0.29, 0.717) is 0 Å². The van der Waals surface area contributed by atoms with Crippen LogP contribution in [0.2, 0.25) is 0 Å². The Balaban J connectivity index is 2.06. The summed E-state index contributed by atoms with van der Waals surface area (Å²) in [7, 11) is 0. The smallest absolute Gasteiger partial charge is 0.0408 e. The molecule has 3 heteroatoms. The molecule has 17 heavy (non-hydrogen) atoms. The molecule has 3 rings (SSSR count). The number of nitrogen functional groups attached to an aromatic ring is 1. The lowest BCUT2D eigenvalue weighted by Crippen LogP contribution is -1.89. The first-order chi connectivity index (χ1) is 8.34. The van der Waals surface area contributed by atoms with Gasteiger partial charge in [-0.25, -0.2) is 0 Å². The van der Waals surface area contributed by atoms with Crippen LogP contribution < -0.4 is 5.73 Å². The molecule has 1 nitrogen and oxygen atoms in total. The van der Waals surface area contributed by atoms with E-state index >= 15 is 0 Å². The Kier molecular flexibility index (Phi) is 2.71. The van der Waals surface area contributed by atoms with Crippen LogP contribution in [0.3, 0.4) is 0 Å². The average Bonchev–Trinajstić information content (AvgIpc) is 3.02. The van der Waals surface area contributed by atoms with Gasteiger partial charge in [0.1, 0.15) is 0 Å². The van der Waals surface area contributed by atoms with Gasteiger partial charge >= 0.3 is 0 Å². The Hall–Kier alpha value is -1.58. The normalized spacial score (nSPS) is 10.6. The number of anilines is 1. The molecule has 0 saturated heterocycles. The molecular formula is C14H11NS2. The molecule has 1 aromatic carbocycles. The molecule has 0 aliphatic rings. The standard InChI is InChI=1S/C14H11NS2/c15-12-9-10(13-3-1-7-16-13)5-6-11(12)14-4-2-8-17-14/h1-9H,15H2. The van der Waals surface area contributed by atoms with Crippen molar-refractivity contribution in [2.24, 2.45) is 0 Å². The largest absolute Gasteiger partial charge is 0.398 e. The molecule has 2 aromatic heterocycles. The number of thiophene rings is 2. The zero-order valence-corrected chi connectivity index (χ0v) is 10.7. The molecule has 0 spiro atoms.